The fraction of sp³-hybridized carbons (Fsp3) is 0.263. The first-order valence-electron chi connectivity index (χ1n) is 8.16. The predicted octanol–water partition coefficient (Wildman–Crippen LogP) is 3.87. The first-order valence-corrected chi connectivity index (χ1v) is 8.16. The third-order valence-corrected chi connectivity index (χ3v) is 3.89. The number of para-hydroxylation sites is 2. The highest BCUT2D eigenvalue weighted by Crippen LogP contribution is 2.28. The molecule has 0 fully saturated rings. The fourth-order valence-corrected chi connectivity index (χ4v) is 2.63. The monoisotopic (exact) mass is 376 g/mol. The molecule has 0 atom stereocenters. The number of hydrogen-bond acceptors (Lipinski definition) is 5. The van der Waals surface area contributed by atoms with Crippen molar-refractivity contribution in [2.75, 3.05) is 13.7 Å². The van der Waals surface area contributed by atoms with Crippen LogP contribution in [0.1, 0.15) is 17.9 Å². The van der Waals surface area contributed by atoms with Gasteiger partial charge in [0.15, 0.2) is 23.9 Å². The molecule has 0 bridgehead atoms. The van der Waals surface area contributed by atoms with E-state index >= 15 is 0 Å². The van der Waals surface area contributed by atoms with Crippen LogP contribution in [0.4, 0.5) is 8.78 Å². The van der Waals surface area contributed by atoms with Crippen LogP contribution >= 0.6 is 0 Å². The zero-order chi connectivity index (χ0) is 19.4. The van der Waals surface area contributed by atoms with Gasteiger partial charge in [-0.3, -0.25) is 4.57 Å². The van der Waals surface area contributed by atoms with Crippen molar-refractivity contribution in [2.24, 2.45) is 0 Å². The molecule has 0 saturated heterocycles. The van der Waals surface area contributed by atoms with Gasteiger partial charge in [0.25, 0.3) is 0 Å². The summed E-state index contributed by atoms with van der Waals surface area (Å²) < 4.78 is 43.1. The van der Waals surface area contributed by atoms with Crippen molar-refractivity contribution in [1.82, 2.24) is 9.55 Å². The van der Waals surface area contributed by atoms with Gasteiger partial charge in [-0.2, -0.15) is 8.78 Å². The van der Waals surface area contributed by atoms with Crippen LogP contribution < -0.4 is 9.47 Å². The van der Waals surface area contributed by atoms with Crippen LogP contribution in [0.25, 0.3) is 11.0 Å². The van der Waals surface area contributed by atoms with E-state index in [4.69, 9.17) is 14.2 Å². The van der Waals surface area contributed by atoms with E-state index in [1.165, 1.54) is 13.2 Å². The average Bonchev–Trinajstić information content (AvgIpc) is 3.03. The number of methoxy groups -OCH3 is 1. The number of carbonyl (C=O) groups is 1. The quantitative estimate of drug-likeness (QED) is 0.586. The lowest BCUT2D eigenvalue weighted by atomic mass is 10.2. The Hall–Kier alpha value is -3.16. The SMILES string of the molecule is COc1cc(C)ccc1OCC(=O)OCc1nc2ccccc2n1C(F)F. The third kappa shape index (κ3) is 4.16. The van der Waals surface area contributed by atoms with E-state index in [1.807, 2.05) is 13.0 Å². The maximum atomic E-state index is 13.3. The summed E-state index contributed by atoms with van der Waals surface area (Å²) in [5.41, 5.74) is 1.66. The molecule has 142 valence electrons. The molecule has 0 N–H and O–H groups in total. The topological polar surface area (TPSA) is 62.6 Å². The number of rotatable bonds is 7. The Balaban J connectivity index is 1.65. The number of carbonyl (C=O) groups excluding carboxylic acids is 1. The van der Waals surface area contributed by atoms with Crippen LogP contribution in [0.3, 0.4) is 0 Å². The number of alkyl halides is 2. The van der Waals surface area contributed by atoms with Crippen molar-refractivity contribution < 1.29 is 27.8 Å². The lowest BCUT2D eigenvalue weighted by Gasteiger charge is -2.11. The summed E-state index contributed by atoms with van der Waals surface area (Å²) in [7, 11) is 1.49. The van der Waals surface area contributed by atoms with E-state index in [9.17, 15) is 13.6 Å². The number of nitrogens with zero attached hydrogens (tertiary/aromatic N) is 2. The molecule has 8 heteroatoms. The van der Waals surface area contributed by atoms with E-state index in [0.717, 1.165) is 10.1 Å². The van der Waals surface area contributed by atoms with E-state index in [2.05, 4.69) is 4.98 Å². The van der Waals surface area contributed by atoms with Crippen LogP contribution in [-0.4, -0.2) is 29.2 Å². The lowest BCUT2D eigenvalue weighted by Crippen LogP contribution is -2.17. The fourth-order valence-electron chi connectivity index (χ4n) is 2.63. The van der Waals surface area contributed by atoms with Crippen molar-refractivity contribution in [1.29, 1.82) is 0 Å². The maximum Gasteiger partial charge on any atom is 0.344 e. The molecule has 0 saturated carbocycles. The summed E-state index contributed by atoms with van der Waals surface area (Å²) in [6.45, 7) is -1.66. The molecule has 0 aliphatic rings. The molecule has 0 spiro atoms. The van der Waals surface area contributed by atoms with Crippen molar-refractivity contribution in [2.45, 2.75) is 20.1 Å². The van der Waals surface area contributed by atoms with Crippen LogP contribution in [0, 0.1) is 6.92 Å². The van der Waals surface area contributed by atoms with Crippen molar-refractivity contribution in [3.63, 3.8) is 0 Å². The Kier molecular flexibility index (Phi) is 5.54. The number of esters is 1. The summed E-state index contributed by atoms with van der Waals surface area (Å²) in [6, 6.07) is 11.8. The smallest absolute Gasteiger partial charge is 0.344 e. The van der Waals surface area contributed by atoms with Gasteiger partial charge >= 0.3 is 12.5 Å². The third-order valence-electron chi connectivity index (χ3n) is 3.89. The van der Waals surface area contributed by atoms with E-state index < -0.39 is 12.5 Å². The molecule has 0 aliphatic carbocycles. The minimum Gasteiger partial charge on any atom is -0.493 e. The largest absolute Gasteiger partial charge is 0.493 e. The zero-order valence-corrected chi connectivity index (χ0v) is 14.8. The molecule has 3 rings (SSSR count). The number of aryl methyl sites for hydroxylation is 1. The number of halogens is 2. The standard InChI is InChI=1S/C19H18F2N2O4/c1-12-7-8-15(16(9-12)25-2)26-11-18(24)27-10-17-22-13-5-3-4-6-14(13)23(17)19(20)21/h3-9,19H,10-11H2,1-2H3. The molecule has 2 aromatic carbocycles. The average molecular weight is 376 g/mol. The minimum absolute atomic E-state index is 0.0348. The van der Waals surface area contributed by atoms with Gasteiger partial charge in [-0.25, -0.2) is 9.78 Å². The van der Waals surface area contributed by atoms with Crippen LogP contribution in [0.5, 0.6) is 11.5 Å². The Morgan fingerprint density at radius 1 is 1.19 bits per heavy atom. The lowest BCUT2D eigenvalue weighted by molar-refractivity contribution is -0.147. The van der Waals surface area contributed by atoms with Gasteiger partial charge in [0.1, 0.15) is 6.61 Å². The summed E-state index contributed by atoms with van der Waals surface area (Å²) in [4.78, 5) is 16.0. The predicted molar refractivity (Wildman–Crippen MR) is 94.0 cm³/mol. The number of benzene rings is 2. The van der Waals surface area contributed by atoms with Gasteiger partial charge in [-0.05, 0) is 36.8 Å². The van der Waals surface area contributed by atoms with Gasteiger partial charge in [-0.1, -0.05) is 18.2 Å². The highest BCUT2D eigenvalue weighted by atomic mass is 19.3. The molecule has 6 nitrogen and oxygen atoms in total. The van der Waals surface area contributed by atoms with Crippen LogP contribution in [0.2, 0.25) is 0 Å². The van der Waals surface area contributed by atoms with E-state index in [1.54, 1.807) is 30.3 Å². The Bertz CT molecular complexity index is 956. The number of hydrogen-bond donors (Lipinski definition) is 0. The molecule has 0 aliphatic heterocycles. The molecule has 0 radical (unpaired) electrons. The number of fused-ring (bicyclic) bond motifs is 1. The minimum atomic E-state index is -2.79. The Morgan fingerprint density at radius 2 is 1.96 bits per heavy atom. The normalized spacial score (nSPS) is 11.0. The van der Waals surface area contributed by atoms with Crippen molar-refractivity contribution in [3.05, 3.63) is 53.9 Å². The summed E-state index contributed by atoms with van der Waals surface area (Å²) in [5.74, 6) is 0.139. The van der Waals surface area contributed by atoms with Gasteiger partial charge in [0.2, 0.25) is 0 Å². The highest BCUT2D eigenvalue weighted by molar-refractivity contribution is 5.76. The zero-order valence-electron chi connectivity index (χ0n) is 14.8. The molecule has 1 heterocycles. The molecular weight excluding hydrogens is 358 g/mol. The van der Waals surface area contributed by atoms with E-state index in [-0.39, 0.29) is 24.6 Å². The van der Waals surface area contributed by atoms with E-state index in [0.29, 0.717) is 17.0 Å². The molecule has 0 amide bonds. The van der Waals surface area contributed by atoms with Crippen LogP contribution in [0.15, 0.2) is 42.5 Å². The van der Waals surface area contributed by atoms with Crippen LogP contribution in [-0.2, 0) is 16.1 Å². The second kappa shape index (κ2) is 8.03. The first-order chi connectivity index (χ1) is 13.0. The number of ether oxygens (including phenoxy) is 3. The van der Waals surface area contributed by atoms with Gasteiger partial charge in [0, 0.05) is 0 Å². The van der Waals surface area contributed by atoms with Gasteiger partial charge in [0.05, 0.1) is 18.1 Å². The maximum absolute atomic E-state index is 13.3. The number of imidazole rings is 1. The molecule has 1 aromatic heterocycles. The Labute approximate surface area is 154 Å². The van der Waals surface area contributed by atoms with Crippen molar-refractivity contribution >= 4 is 17.0 Å². The molecular formula is C19H18F2N2O4. The summed E-state index contributed by atoms with van der Waals surface area (Å²) in [6.07, 6.45) is 0. The second-order valence-electron chi connectivity index (χ2n) is 5.77. The first kappa shape index (κ1) is 18.6. The molecule has 27 heavy (non-hydrogen) atoms. The Morgan fingerprint density at radius 3 is 2.70 bits per heavy atom. The summed E-state index contributed by atoms with van der Waals surface area (Å²) in [5, 5.41) is 0. The molecule has 0 unspecified atom stereocenters. The highest BCUT2D eigenvalue weighted by Gasteiger charge is 2.19. The summed E-state index contributed by atoms with van der Waals surface area (Å²) >= 11 is 0. The second-order valence-corrected chi connectivity index (χ2v) is 5.77. The number of aromatic nitrogens is 2. The van der Waals surface area contributed by atoms with Gasteiger partial charge in [-0.15, -0.1) is 0 Å². The van der Waals surface area contributed by atoms with Crippen molar-refractivity contribution in [3.8, 4) is 11.5 Å². The molecule has 3 aromatic rings. The van der Waals surface area contributed by atoms with Gasteiger partial charge < -0.3 is 14.2 Å².